The highest BCUT2D eigenvalue weighted by molar-refractivity contribution is 7.09. The molecule has 5 heteroatoms. The molecule has 2 heterocycles. The molecule has 2 aromatic heterocycles. The summed E-state index contributed by atoms with van der Waals surface area (Å²) < 4.78 is 1.62. The molecule has 1 amide bonds. The van der Waals surface area contributed by atoms with Gasteiger partial charge in [0.15, 0.2) is 0 Å². The average molecular weight is 249 g/mol. The zero-order valence-corrected chi connectivity index (χ0v) is 10.7. The number of aryl methyl sites for hydroxylation is 1. The first-order valence-electron chi connectivity index (χ1n) is 5.47. The topological polar surface area (TPSA) is 46.9 Å². The summed E-state index contributed by atoms with van der Waals surface area (Å²) in [6.07, 6.45) is 4.16. The zero-order chi connectivity index (χ0) is 12.3. The van der Waals surface area contributed by atoms with Gasteiger partial charge in [-0.05, 0) is 18.4 Å². The second-order valence-electron chi connectivity index (χ2n) is 4.06. The predicted molar refractivity (Wildman–Crippen MR) is 68.2 cm³/mol. The Labute approximate surface area is 104 Å². The van der Waals surface area contributed by atoms with Gasteiger partial charge in [0.25, 0.3) is 5.91 Å². The van der Waals surface area contributed by atoms with Crippen LogP contribution in [0.1, 0.15) is 22.2 Å². The highest BCUT2D eigenvalue weighted by atomic mass is 32.1. The van der Waals surface area contributed by atoms with E-state index in [4.69, 9.17) is 0 Å². The summed E-state index contributed by atoms with van der Waals surface area (Å²) in [7, 11) is 1.80. The van der Waals surface area contributed by atoms with Gasteiger partial charge >= 0.3 is 0 Å². The van der Waals surface area contributed by atoms with Crippen molar-refractivity contribution >= 4 is 17.2 Å². The minimum Gasteiger partial charge on any atom is -0.349 e. The van der Waals surface area contributed by atoms with Gasteiger partial charge in [0.05, 0.1) is 11.8 Å². The molecule has 2 aromatic rings. The predicted octanol–water partition coefficient (Wildman–Crippen LogP) is 1.84. The van der Waals surface area contributed by atoms with Crippen LogP contribution >= 0.6 is 11.3 Å². The lowest BCUT2D eigenvalue weighted by Gasteiger charge is -2.11. The van der Waals surface area contributed by atoms with Crippen LogP contribution in [0.25, 0.3) is 0 Å². The summed E-state index contributed by atoms with van der Waals surface area (Å²) in [5.74, 6) is -0.0674. The number of hydrogen-bond donors (Lipinski definition) is 1. The number of nitrogens with one attached hydrogen (secondary N) is 1. The molecule has 4 nitrogen and oxygen atoms in total. The second-order valence-corrected chi connectivity index (χ2v) is 5.09. The van der Waals surface area contributed by atoms with Gasteiger partial charge in [0.1, 0.15) is 0 Å². The third kappa shape index (κ3) is 3.17. The molecule has 0 saturated heterocycles. The minimum atomic E-state index is -0.0674. The van der Waals surface area contributed by atoms with Gasteiger partial charge < -0.3 is 5.32 Å². The number of thiophene rings is 1. The molecule has 0 aromatic carbocycles. The van der Waals surface area contributed by atoms with E-state index in [1.165, 1.54) is 4.88 Å². The van der Waals surface area contributed by atoms with Crippen molar-refractivity contribution < 1.29 is 4.79 Å². The Morgan fingerprint density at radius 1 is 1.65 bits per heavy atom. The molecule has 0 saturated carbocycles. The van der Waals surface area contributed by atoms with Crippen molar-refractivity contribution in [3.05, 3.63) is 40.3 Å². The third-order valence-electron chi connectivity index (χ3n) is 2.43. The number of amides is 1. The quantitative estimate of drug-likeness (QED) is 0.898. The smallest absolute Gasteiger partial charge is 0.254 e. The van der Waals surface area contributed by atoms with Crippen molar-refractivity contribution in [2.75, 3.05) is 0 Å². The number of aromatic nitrogens is 2. The van der Waals surface area contributed by atoms with E-state index in [0.717, 1.165) is 6.42 Å². The highest BCUT2D eigenvalue weighted by Crippen LogP contribution is 2.11. The summed E-state index contributed by atoms with van der Waals surface area (Å²) in [4.78, 5) is 13.1. The number of rotatable bonds is 4. The first-order chi connectivity index (χ1) is 8.15. The van der Waals surface area contributed by atoms with Crippen molar-refractivity contribution in [2.24, 2.45) is 7.05 Å². The standard InChI is InChI=1S/C12H15N3OS/c1-9(6-11-4-3-5-17-11)14-12(16)10-7-13-15(2)8-10/h3-5,7-9H,6H2,1-2H3,(H,14,16). The SMILES string of the molecule is CC(Cc1cccs1)NC(=O)c1cnn(C)c1. The van der Waals surface area contributed by atoms with Gasteiger partial charge in [0.2, 0.25) is 0 Å². The minimum absolute atomic E-state index is 0.0674. The van der Waals surface area contributed by atoms with E-state index >= 15 is 0 Å². The van der Waals surface area contributed by atoms with E-state index in [-0.39, 0.29) is 11.9 Å². The van der Waals surface area contributed by atoms with Crippen LogP contribution in [0.4, 0.5) is 0 Å². The molecule has 0 fully saturated rings. The second kappa shape index (κ2) is 5.14. The van der Waals surface area contributed by atoms with Crippen LogP contribution in [0.2, 0.25) is 0 Å². The lowest BCUT2D eigenvalue weighted by molar-refractivity contribution is 0.0940. The number of nitrogens with zero attached hydrogens (tertiary/aromatic N) is 2. The molecule has 0 spiro atoms. The van der Waals surface area contributed by atoms with Crippen LogP contribution in [0.15, 0.2) is 29.9 Å². The van der Waals surface area contributed by atoms with Gasteiger partial charge in [-0.2, -0.15) is 5.10 Å². The van der Waals surface area contributed by atoms with Crippen LogP contribution in [-0.4, -0.2) is 21.7 Å². The number of carbonyl (C=O) groups excluding carboxylic acids is 1. The Bertz CT molecular complexity index is 490. The monoisotopic (exact) mass is 249 g/mol. The van der Waals surface area contributed by atoms with Crippen molar-refractivity contribution in [3.63, 3.8) is 0 Å². The lowest BCUT2D eigenvalue weighted by Crippen LogP contribution is -2.33. The Morgan fingerprint density at radius 2 is 2.47 bits per heavy atom. The van der Waals surface area contributed by atoms with Crippen molar-refractivity contribution in [3.8, 4) is 0 Å². The number of carbonyl (C=O) groups is 1. The third-order valence-corrected chi connectivity index (χ3v) is 3.33. The average Bonchev–Trinajstić information content (AvgIpc) is 2.89. The summed E-state index contributed by atoms with van der Waals surface area (Å²) in [6, 6.07) is 4.23. The lowest BCUT2D eigenvalue weighted by atomic mass is 10.2. The summed E-state index contributed by atoms with van der Waals surface area (Å²) >= 11 is 1.71. The maximum absolute atomic E-state index is 11.8. The molecule has 2 rings (SSSR count). The Balaban J connectivity index is 1.90. The number of hydrogen-bond acceptors (Lipinski definition) is 3. The fourth-order valence-corrected chi connectivity index (χ4v) is 2.46. The van der Waals surface area contributed by atoms with E-state index in [9.17, 15) is 4.79 Å². The Morgan fingerprint density at radius 3 is 3.06 bits per heavy atom. The van der Waals surface area contributed by atoms with E-state index in [2.05, 4.69) is 16.5 Å². The molecule has 0 radical (unpaired) electrons. The Hall–Kier alpha value is -1.62. The maximum atomic E-state index is 11.8. The van der Waals surface area contributed by atoms with E-state index in [1.807, 2.05) is 18.4 Å². The summed E-state index contributed by atoms with van der Waals surface area (Å²) in [6.45, 7) is 2.01. The van der Waals surface area contributed by atoms with Crippen molar-refractivity contribution in [1.82, 2.24) is 15.1 Å². The molecule has 1 atom stereocenters. The van der Waals surface area contributed by atoms with E-state index < -0.39 is 0 Å². The van der Waals surface area contributed by atoms with Crippen LogP contribution in [-0.2, 0) is 13.5 Å². The molecular weight excluding hydrogens is 234 g/mol. The van der Waals surface area contributed by atoms with Gasteiger partial charge in [-0.1, -0.05) is 6.07 Å². The molecule has 0 aliphatic carbocycles. The molecule has 90 valence electrons. The first kappa shape index (κ1) is 11.9. The van der Waals surface area contributed by atoms with Gasteiger partial charge in [-0.25, -0.2) is 0 Å². The highest BCUT2D eigenvalue weighted by Gasteiger charge is 2.11. The van der Waals surface area contributed by atoms with Crippen LogP contribution in [0.3, 0.4) is 0 Å². The van der Waals surface area contributed by atoms with Gasteiger partial charge in [0, 0.05) is 30.6 Å². The van der Waals surface area contributed by atoms with Crippen LogP contribution in [0, 0.1) is 0 Å². The molecule has 0 aliphatic rings. The molecular formula is C12H15N3OS. The zero-order valence-electron chi connectivity index (χ0n) is 9.88. The maximum Gasteiger partial charge on any atom is 0.254 e. The van der Waals surface area contributed by atoms with Gasteiger partial charge in [-0.15, -0.1) is 11.3 Å². The fraction of sp³-hybridized carbons (Fsp3) is 0.333. The van der Waals surface area contributed by atoms with Crippen LogP contribution in [0.5, 0.6) is 0 Å². The van der Waals surface area contributed by atoms with Crippen molar-refractivity contribution in [2.45, 2.75) is 19.4 Å². The molecule has 1 unspecified atom stereocenters. The molecule has 17 heavy (non-hydrogen) atoms. The molecule has 0 bridgehead atoms. The molecule has 0 aliphatic heterocycles. The van der Waals surface area contributed by atoms with Gasteiger partial charge in [-0.3, -0.25) is 9.48 Å². The molecule has 1 N–H and O–H groups in total. The largest absolute Gasteiger partial charge is 0.349 e. The van der Waals surface area contributed by atoms with Crippen molar-refractivity contribution in [1.29, 1.82) is 0 Å². The normalized spacial score (nSPS) is 12.4. The summed E-state index contributed by atoms with van der Waals surface area (Å²) in [5, 5.41) is 8.99. The van der Waals surface area contributed by atoms with E-state index in [1.54, 1.807) is 35.5 Å². The first-order valence-corrected chi connectivity index (χ1v) is 6.35. The van der Waals surface area contributed by atoms with Crippen LogP contribution < -0.4 is 5.32 Å². The summed E-state index contributed by atoms with van der Waals surface area (Å²) in [5.41, 5.74) is 0.602. The Kier molecular flexibility index (Phi) is 3.58. The van der Waals surface area contributed by atoms with E-state index in [0.29, 0.717) is 5.56 Å². The fourth-order valence-electron chi connectivity index (χ4n) is 1.63.